The fourth-order valence-corrected chi connectivity index (χ4v) is 3.60. The number of methoxy groups -OCH3 is 2. The summed E-state index contributed by atoms with van der Waals surface area (Å²) in [5.41, 5.74) is 1.01. The molecule has 6 heteroatoms. The summed E-state index contributed by atoms with van der Waals surface area (Å²) in [6.45, 7) is 1.33. The maximum Gasteiger partial charge on any atom is 0.220 e. The largest absolute Gasteiger partial charge is 0.497 e. The van der Waals surface area contributed by atoms with Crippen molar-refractivity contribution in [3.05, 3.63) is 23.8 Å². The molecule has 1 amide bonds. The van der Waals surface area contributed by atoms with E-state index >= 15 is 0 Å². The number of amides is 1. The normalized spacial score (nSPS) is 25.8. The van der Waals surface area contributed by atoms with Crippen molar-refractivity contribution in [1.82, 2.24) is 5.32 Å². The van der Waals surface area contributed by atoms with E-state index in [0.29, 0.717) is 26.1 Å². The summed E-state index contributed by atoms with van der Waals surface area (Å²) < 4.78 is 22.1. The second-order valence-corrected chi connectivity index (χ2v) is 6.57. The van der Waals surface area contributed by atoms with E-state index in [2.05, 4.69) is 5.32 Å². The molecule has 3 unspecified atom stereocenters. The Kier molecular flexibility index (Phi) is 6.15. The van der Waals surface area contributed by atoms with Crippen LogP contribution in [0.15, 0.2) is 18.2 Å². The standard InChI is InChI=1S/C19H27NO5/c1-22-15-6-3-13(17(12-15)23-2)4-8-19(21)20-14-5-7-16-18(11-14)25-10-9-24-16/h3,6,12,14,16,18H,4-5,7-11H2,1-2H3,(H,20,21). The summed E-state index contributed by atoms with van der Waals surface area (Å²) in [6.07, 6.45) is 4.12. The van der Waals surface area contributed by atoms with Crippen LogP contribution in [-0.4, -0.2) is 51.6 Å². The summed E-state index contributed by atoms with van der Waals surface area (Å²) in [6, 6.07) is 5.85. The van der Waals surface area contributed by atoms with Crippen LogP contribution < -0.4 is 14.8 Å². The van der Waals surface area contributed by atoms with Crippen LogP contribution in [0, 0.1) is 0 Å². The number of nitrogens with one attached hydrogen (secondary N) is 1. The van der Waals surface area contributed by atoms with Crippen molar-refractivity contribution in [2.75, 3.05) is 27.4 Å². The number of rotatable bonds is 6. The highest BCUT2D eigenvalue weighted by atomic mass is 16.6. The van der Waals surface area contributed by atoms with Gasteiger partial charge in [-0.1, -0.05) is 6.07 Å². The van der Waals surface area contributed by atoms with Crippen LogP contribution in [0.5, 0.6) is 11.5 Å². The first-order valence-corrected chi connectivity index (χ1v) is 8.93. The molecule has 138 valence electrons. The average Bonchev–Trinajstić information content (AvgIpc) is 2.66. The van der Waals surface area contributed by atoms with Gasteiger partial charge in [0.1, 0.15) is 11.5 Å². The number of fused-ring (bicyclic) bond motifs is 1. The van der Waals surface area contributed by atoms with Crippen molar-refractivity contribution in [3.63, 3.8) is 0 Å². The molecule has 1 heterocycles. The first kappa shape index (κ1) is 18.0. The Labute approximate surface area is 148 Å². The van der Waals surface area contributed by atoms with Crippen LogP contribution >= 0.6 is 0 Å². The van der Waals surface area contributed by atoms with Gasteiger partial charge in [0, 0.05) is 18.5 Å². The molecule has 3 rings (SSSR count). The molecular weight excluding hydrogens is 322 g/mol. The van der Waals surface area contributed by atoms with Gasteiger partial charge in [-0.05, 0) is 37.3 Å². The lowest BCUT2D eigenvalue weighted by molar-refractivity contribution is -0.158. The SMILES string of the molecule is COc1ccc(CCC(=O)NC2CCC3OCCOC3C2)c(OC)c1. The van der Waals surface area contributed by atoms with Gasteiger partial charge in [0.25, 0.3) is 0 Å². The molecule has 1 aliphatic heterocycles. The molecule has 6 nitrogen and oxygen atoms in total. The van der Waals surface area contributed by atoms with Crippen molar-refractivity contribution in [3.8, 4) is 11.5 Å². The predicted octanol–water partition coefficient (Wildman–Crippen LogP) is 2.09. The van der Waals surface area contributed by atoms with E-state index < -0.39 is 0 Å². The molecule has 2 fully saturated rings. The third-order valence-electron chi connectivity index (χ3n) is 4.96. The highest BCUT2D eigenvalue weighted by Gasteiger charge is 2.34. The number of carbonyl (C=O) groups excluding carboxylic acids is 1. The average molecular weight is 349 g/mol. The van der Waals surface area contributed by atoms with E-state index in [1.165, 1.54) is 0 Å². The summed E-state index contributed by atoms with van der Waals surface area (Å²) in [5.74, 6) is 1.56. The zero-order valence-corrected chi connectivity index (χ0v) is 15.0. The van der Waals surface area contributed by atoms with Crippen LogP contribution in [0.2, 0.25) is 0 Å². The van der Waals surface area contributed by atoms with Gasteiger partial charge in [-0.15, -0.1) is 0 Å². The van der Waals surface area contributed by atoms with Gasteiger partial charge < -0.3 is 24.3 Å². The lowest BCUT2D eigenvalue weighted by Gasteiger charge is -2.39. The molecule has 1 aromatic carbocycles. The summed E-state index contributed by atoms with van der Waals surface area (Å²) in [5, 5.41) is 3.14. The molecule has 1 saturated carbocycles. The quantitative estimate of drug-likeness (QED) is 0.852. The van der Waals surface area contributed by atoms with Crippen molar-refractivity contribution in [2.24, 2.45) is 0 Å². The number of hydrogen-bond acceptors (Lipinski definition) is 5. The number of benzene rings is 1. The predicted molar refractivity (Wildman–Crippen MR) is 93.1 cm³/mol. The number of ether oxygens (including phenoxy) is 4. The van der Waals surface area contributed by atoms with E-state index in [1.54, 1.807) is 14.2 Å². The first-order chi connectivity index (χ1) is 12.2. The Morgan fingerprint density at radius 2 is 1.96 bits per heavy atom. The van der Waals surface area contributed by atoms with Gasteiger partial charge in [-0.25, -0.2) is 0 Å². The van der Waals surface area contributed by atoms with Gasteiger partial charge in [0.2, 0.25) is 5.91 Å². The lowest BCUT2D eigenvalue weighted by Crippen LogP contribution is -2.49. The van der Waals surface area contributed by atoms with Gasteiger partial charge in [-0.2, -0.15) is 0 Å². The minimum Gasteiger partial charge on any atom is -0.497 e. The van der Waals surface area contributed by atoms with E-state index in [1.807, 2.05) is 18.2 Å². The molecule has 1 N–H and O–H groups in total. The van der Waals surface area contributed by atoms with Gasteiger partial charge in [-0.3, -0.25) is 4.79 Å². The summed E-state index contributed by atoms with van der Waals surface area (Å²) in [7, 11) is 3.25. The third-order valence-corrected chi connectivity index (χ3v) is 4.96. The zero-order valence-electron chi connectivity index (χ0n) is 15.0. The van der Waals surface area contributed by atoms with E-state index in [4.69, 9.17) is 18.9 Å². The smallest absolute Gasteiger partial charge is 0.220 e. The number of aryl methyl sites for hydroxylation is 1. The highest BCUT2D eigenvalue weighted by molar-refractivity contribution is 5.76. The molecule has 25 heavy (non-hydrogen) atoms. The molecule has 1 aromatic rings. The Balaban J connectivity index is 1.48. The minimum atomic E-state index is 0.0676. The van der Waals surface area contributed by atoms with Crippen molar-refractivity contribution in [2.45, 2.75) is 50.4 Å². The van der Waals surface area contributed by atoms with E-state index in [0.717, 1.165) is 36.3 Å². The van der Waals surface area contributed by atoms with Crippen LogP contribution in [0.4, 0.5) is 0 Å². The maximum absolute atomic E-state index is 12.3. The van der Waals surface area contributed by atoms with Gasteiger partial charge >= 0.3 is 0 Å². The highest BCUT2D eigenvalue weighted by Crippen LogP contribution is 2.28. The summed E-state index contributed by atoms with van der Waals surface area (Å²) >= 11 is 0. The van der Waals surface area contributed by atoms with Gasteiger partial charge in [0.15, 0.2) is 0 Å². The van der Waals surface area contributed by atoms with Crippen LogP contribution in [0.1, 0.15) is 31.2 Å². The fourth-order valence-electron chi connectivity index (χ4n) is 3.60. The van der Waals surface area contributed by atoms with Crippen LogP contribution in [0.25, 0.3) is 0 Å². The Morgan fingerprint density at radius 3 is 2.72 bits per heavy atom. The third kappa shape index (κ3) is 4.64. The maximum atomic E-state index is 12.3. The van der Waals surface area contributed by atoms with Crippen molar-refractivity contribution < 1.29 is 23.7 Å². The van der Waals surface area contributed by atoms with Crippen molar-refractivity contribution >= 4 is 5.91 Å². The molecular formula is C19H27NO5. The Bertz CT molecular complexity index is 591. The molecule has 0 spiro atoms. The van der Waals surface area contributed by atoms with Crippen molar-refractivity contribution in [1.29, 1.82) is 0 Å². The monoisotopic (exact) mass is 349 g/mol. The second-order valence-electron chi connectivity index (χ2n) is 6.57. The Hall–Kier alpha value is -1.79. The summed E-state index contributed by atoms with van der Waals surface area (Å²) in [4.78, 5) is 12.3. The van der Waals surface area contributed by atoms with Gasteiger partial charge in [0.05, 0.1) is 39.6 Å². The molecule has 1 aliphatic carbocycles. The molecule has 2 aliphatic rings. The number of carbonyl (C=O) groups is 1. The van der Waals surface area contributed by atoms with E-state index in [-0.39, 0.29) is 24.2 Å². The molecule has 1 saturated heterocycles. The minimum absolute atomic E-state index is 0.0676. The van der Waals surface area contributed by atoms with Crippen LogP contribution in [0.3, 0.4) is 0 Å². The lowest BCUT2D eigenvalue weighted by atomic mass is 9.89. The second kappa shape index (κ2) is 8.54. The topological polar surface area (TPSA) is 66.0 Å². The molecule has 3 atom stereocenters. The fraction of sp³-hybridized carbons (Fsp3) is 0.632. The zero-order chi connectivity index (χ0) is 17.6. The number of hydrogen-bond donors (Lipinski definition) is 1. The molecule has 0 aromatic heterocycles. The molecule has 0 bridgehead atoms. The molecule has 0 radical (unpaired) electrons. The van der Waals surface area contributed by atoms with E-state index in [9.17, 15) is 4.79 Å². The Morgan fingerprint density at radius 1 is 1.16 bits per heavy atom. The first-order valence-electron chi connectivity index (χ1n) is 8.93. The van der Waals surface area contributed by atoms with Crippen LogP contribution in [-0.2, 0) is 20.7 Å².